The molecule has 0 spiro atoms. The van der Waals surface area contributed by atoms with Gasteiger partial charge in [-0.2, -0.15) is 0 Å². The van der Waals surface area contributed by atoms with Crippen LogP contribution in [0.3, 0.4) is 0 Å². The minimum Gasteiger partial charge on any atom is -0.479 e. The maximum absolute atomic E-state index is 11.9. The third-order valence-corrected chi connectivity index (χ3v) is 3.58. The summed E-state index contributed by atoms with van der Waals surface area (Å²) in [5.74, 6) is 0.499. The third kappa shape index (κ3) is 3.75. The molecule has 1 aromatic carbocycles. The Morgan fingerprint density at radius 2 is 1.90 bits per heavy atom. The number of rotatable bonds is 5. The Kier molecular flexibility index (Phi) is 5.05. The predicted octanol–water partition coefficient (Wildman–Crippen LogP) is 3.67. The number of benzene rings is 1. The molecule has 2 rings (SSSR count). The van der Waals surface area contributed by atoms with Crippen LogP contribution >= 0.6 is 0 Å². The first-order valence-electron chi connectivity index (χ1n) is 7.59. The van der Waals surface area contributed by atoms with Crippen molar-refractivity contribution in [1.29, 1.82) is 0 Å². The van der Waals surface area contributed by atoms with Gasteiger partial charge in [-0.25, -0.2) is 4.79 Å². The van der Waals surface area contributed by atoms with E-state index in [1.54, 1.807) is 0 Å². The van der Waals surface area contributed by atoms with Crippen LogP contribution in [0.2, 0.25) is 0 Å². The molecule has 3 heteroatoms. The lowest BCUT2D eigenvalue weighted by atomic mass is 9.92. The second kappa shape index (κ2) is 6.78. The van der Waals surface area contributed by atoms with Gasteiger partial charge in [-0.3, -0.25) is 0 Å². The summed E-state index contributed by atoms with van der Waals surface area (Å²) >= 11 is 0. The zero-order valence-electron chi connectivity index (χ0n) is 12.6. The Bertz CT molecular complexity index is 465. The molecule has 0 fully saturated rings. The molecule has 1 aromatic rings. The van der Waals surface area contributed by atoms with E-state index in [-0.39, 0.29) is 12.1 Å². The quantitative estimate of drug-likeness (QED) is 0.770. The minimum absolute atomic E-state index is 0.108. The van der Waals surface area contributed by atoms with Crippen molar-refractivity contribution >= 4 is 5.97 Å². The molecule has 1 unspecified atom stereocenters. The standard InChI is InChI=1S/C17H24O3/c1-4-16(17(18)19-12(2)3)20-15-10-9-13-7-5-6-8-14(13)11-15/h9-12,16H,4-8H2,1-3H3. The average molecular weight is 276 g/mol. The third-order valence-electron chi connectivity index (χ3n) is 3.58. The van der Waals surface area contributed by atoms with E-state index in [1.165, 1.54) is 24.0 Å². The molecule has 0 bridgehead atoms. The number of ether oxygens (including phenoxy) is 2. The normalized spacial score (nSPS) is 15.6. The van der Waals surface area contributed by atoms with Crippen LogP contribution in [0.25, 0.3) is 0 Å². The summed E-state index contributed by atoms with van der Waals surface area (Å²) in [6.45, 7) is 5.64. The van der Waals surface area contributed by atoms with Gasteiger partial charge in [0.2, 0.25) is 0 Å². The number of esters is 1. The van der Waals surface area contributed by atoms with Crippen LogP contribution in [-0.2, 0) is 22.4 Å². The van der Waals surface area contributed by atoms with Crippen LogP contribution in [0.15, 0.2) is 18.2 Å². The lowest BCUT2D eigenvalue weighted by molar-refractivity contribution is -0.155. The number of hydrogen-bond donors (Lipinski definition) is 0. The second-order valence-corrected chi connectivity index (χ2v) is 5.64. The van der Waals surface area contributed by atoms with Gasteiger partial charge in [0.25, 0.3) is 0 Å². The molecule has 0 saturated carbocycles. The molecule has 20 heavy (non-hydrogen) atoms. The first kappa shape index (κ1) is 14.9. The van der Waals surface area contributed by atoms with Crippen LogP contribution in [0, 0.1) is 0 Å². The molecule has 1 atom stereocenters. The lowest BCUT2D eigenvalue weighted by Crippen LogP contribution is -2.30. The summed E-state index contributed by atoms with van der Waals surface area (Å²) in [4.78, 5) is 11.9. The van der Waals surface area contributed by atoms with E-state index in [9.17, 15) is 4.79 Å². The maximum atomic E-state index is 11.9. The Morgan fingerprint density at radius 1 is 1.20 bits per heavy atom. The molecule has 1 aliphatic rings. The fraction of sp³-hybridized carbons (Fsp3) is 0.588. The summed E-state index contributed by atoms with van der Waals surface area (Å²) in [6.07, 6.45) is 4.77. The maximum Gasteiger partial charge on any atom is 0.347 e. The predicted molar refractivity (Wildman–Crippen MR) is 79.0 cm³/mol. The van der Waals surface area contributed by atoms with Crippen molar-refractivity contribution in [1.82, 2.24) is 0 Å². The molecule has 0 heterocycles. The van der Waals surface area contributed by atoms with Crippen LogP contribution < -0.4 is 4.74 Å². The Labute approximate surface area is 121 Å². The van der Waals surface area contributed by atoms with Crippen molar-refractivity contribution in [3.05, 3.63) is 29.3 Å². The minimum atomic E-state index is -0.515. The van der Waals surface area contributed by atoms with Gasteiger partial charge in [0.05, 0.1) is 6.10 Å². The molecule has 0 aromatic heterocycles. The molecule has 0 radical (unpaired) electrons. The first-order valence-corrected chi connectivity index (χ1v) is 7.59. The Balaban J connectivity index is 2.05. The SMILES string of the molecule is CCC(Oc1ccc2c(c1)CCCC2)C(=O)OC(C)C. The Hall–Kier alpha value is -1.51. The van der Waals surface area contributed by atoms with E-state index in [0.29, 0.717) is 6.42 Å². The number of carbonyl (C=O) groups is 1. The van der Waals surface area contributed by atoms with E-state index in [0.717, 1.165) is 18.6 Å². The lowest BCUT2D eigenvalue weighted by Gasteiger charge is -2.20. The highest BCUT2D eigenvalue weighted by Crippen LogP contribution is 2.26. The van der Waals surface area contributed by atoms with Gasteiger partial charge in [0, 0.05) is 0 Å². The monoisotopic (exact) mass is 276 g/mol. The molecule has 3 nitrogen and oxygen atoms in total. The van der Waals surface area contributed by atoms with Crippen LogP contribution in [0.5, 0.6) is 5.75 Å². The van der Waals surface area contributed by atoms with Crippen LogP contribution in [0.4, 0.5) is 0 Å². The largest absolute Gasteiger partial charge is 0.479 e. The summed E-state index contributed by atoms with van der Waals surface area (Å²) in [5, 5.41) is 0. The number of hydrogen-bond acceptors (Lipinski definition) is 3. The van der Waals surface area contributed by atoms with E-state index >= 15 is 0 Å². The molecular formula is C17H24O3. The molecule has 0 amide bonds. The van der Waals surface area contributed by atoms with Gasteiger partial charge in [-0.15, -0.1) is 0 Å². The highest BCUT2D eigenvalue weighted by molar-refractivity contribution is 5.75. The molecule has 0 N–H and O–H groups in total. The Morgan fingerprint density at radius 3 is 2.55 bits per heavy atom. The van der Waals surface area contributed by atoms with E-state index in [2.05, 4.69) is 12.1 Å². The van der Waals surface area contributed by atoms with Gasteiger partial charge in [-0.05, 0) is 69.2 Å². The van der Waals surface area contributed by atoms with Crippen molar-refractivity contribution < 1.29 is 14.3 Å². The highest BCUT2D eigenvalue weighted by atomic mass is 16.6. The summed E-state index contributed by atoms with van der Waals surface area (Å²) in [5.41, 5.74) is 2.78. The zero-order valence-corrected chi connectivity index (χ0v) is 12.6. The zero-order chi connectivity index (χ0) is 14.5. The van der Waals surface area contributed by atoms with Crippen LogP contribution in [0.1, 0.15) is 51.2 Å². The molecule has 1 aliphatic carbocycles. The average Bonchev–Trinajstić information content (AvgIpc) is 2.43. The van der Waals surface area contributed by atoms with Crippen molar-refractivity contribution in [2.24, 2.45) is 0 Å². The molecular weight excluding hydrogens is 252 g/mol. The van der Waals surface area contributed by atoms with Gasteiger partial charge >= 0.3 is 5.97 Å². The highest BCUT2D eigenvalue weighted by Gasteiger charge is 2.21. The summed E-state index contributed by atoms with van der Waals surface area (Å²) < 4.78 is 11.0. The van der Waals surface area contributed by atoms with Gasteiger partial charge in [0.1, 0.15) is 5.75 Å². The number of aryl methyl sites for hydroxylation is 2. The fourth-order valence-electron chi connectivity index (χ4n) is 2.55. The first-order chi connectivity index (χ1) is 9.60. The van der Waals surface area contributed by atoms with Crippen molar-refractivity contribution in [3.8, 4) is 5.75 Å². The van der Waals surface area contributed by atoms with E-state index < -0.39 is 6.10 Å². The van der Waals surface area contributed by atoms with E-state index in [4.69, 9.17) is 9.47 Å². The topological polar surface area (TPSA) is 35.5 Å². The van der Waals surface area contributed by atoms with E-state index in [1.807, 2.05) is 26.8 Å². The number of carbonyl (C=O) groups excluding carboxylic acids is 1. The second-order valence-electron chi connectivity index (χ2n) is 5.64. The summed E-state index contributed by atoms with van der Waals surface area (Å²) in [7, 11) is 0. The van der Waals surface area contributed by atoms with Crippen molar-refractivity contribution in [3.63, 3.8) is 0 Å². The number of fused-ring (bicyclic) bond motifs is 1. The van der Waals surface area contributed by atoms with Gasteiger partial charge < -0.3 is 9.47 Å². The van der Waals surface area contributed by atoms with Gasteiger partial charge in [0.15, 0.2) is 6.10 Å². The van der Waals surface area contributed by atoms with Crippen molar-refractivity contribution in [2.75, 3.05) is 0 Å². The fourth-order valence-corrected chi connectivity index (χ4v) is 2.55. The molecule has 0 saturated heterocycles. The summed E-state index contributed by atoms with van der Waals surface area (Å²) in [6, 6.07) is 6.18. The van der Waals surface area contributed by atoms with Crippen LogP contribution in [-0.4, -0.2) is 18.2 Å². The molecule has 110 valence electrons. The van der Waals surface area contributed by atoms with Gasteiger partial charge in [-0.1, -0.05) is 13.0 Å². The van der Waals surface area contributed by atoms with Crippen molar-refractivity contribution in [2.45, 2.75) is 65.1 Å². The molecule has 0 aliphatic heterocycles. The smallest absolute Gasteiger partial charge is 0.347 e.